The van der Waals surface area contributed by atoms with E-state index in [0.717, 1.165) is 12.8 Å². The van der Waals surface area contributed by atoms with Gasteiger partial charge in [0.25, 0.3) is 5.91 Å². The number of carbonyl (C=O) groups is 3. The van der Waals surface area contributed by atoms with E-state index in [4.69, 9.17) is 14.4 Å². The van der Waals surface area contributed by atoms with Crippen LogP contribution in [0.5, 0.6) is 0 Å². The first-order chi connectivity index (χ1) is 13.6. The number of nitrogens with zero attached hydrogens (tertiary/aromatic N) is 3. The van der Waals surface area contributed by atoms with Gasteiger partial charge in [0.05, 0.1) is 19.3 Å². The third-order valence-corrected chi connectivity index (χ3v) is 4.76. The zero-order chi connectivity index (χ0) is 21.6. The van der Waals surface area contributed by atoms with Gasteiger partial charge in [-0.3, -0.25) is 14.5 Å². The second-order valence-electron chi connectivity index (χ2n) is 8.41. The molecule has 2 atom stereocenters. The van der Waals surface area contributed by atoms with Gasteiger partial charge < -0.3 is 14.5 Å². The molecule has 0 radical (unpaired) electrons. The van der Waals surface area contributed by atoms with Gasteiger partial charge in [-0.15, -0.1) is 0 Å². The van der Waals surface area contributed by atoms with Gasteiger partial charge in [-0.2, -0.15) is 5.06 Å². The number of urea groups is 1. The fourth-order valence-electron chi connectivity index (χ4n) is 3.18. The molecular formula is C19H34N4O6. The summed E-state index contributed by atoms with van der Waals surface area (Å²) in [6.07, 6.45) is 2.66. The molecule has 2 aliphatic heterocycles. The summed E-state index contributed by atoms with van der Waals surface area (Å²) >= 11 is 0. The Hall–Kier alpha value is -2.07. The van der Waals surface area contributed by atoms with Crippen LogP contribution < -0.4 is 5.48 Å². The molecule has 10 heteroatoms. The standard InChI is InChI=1S/C19H34N4O6/c1-6-7-11-28-23-14-8-9-15(22(13-14)17(23)25)16(24)20-27-12-10-21(5)18(26)29-19(2,3)4/h14-15H,6-13H2,1-5H3,(H,20,24)/t14?,15-/m0/s1. The molecule has 4 amide bonds. The van der Waals surface area contributed by atoms with Gasteiger partial charge in [0.1, 0.15) is 11.6 Å². The van der Waals surface area contributed by atoms with Crippen LogP contribution in [0.3, 0.4) is 0 Å². The molecule has 0 aromatic carbocycles. The Morgan fingerprint density at radius 3 is 2.62 bits per heavy atom. The van der Waals surface area contributed by atoms with E-state index in [9.17, 15) is 14.4 Å². The number of likely N-dealkylation sites (N-methyl/N-ethyl adjacent to an activating group) is 1. The third kappa shape index (κ3) is 6.46. The largest absolute Gasteiger partial charge is 0.444 e. The maximum Gasteiger partial charge on any atom is 0.410 e. The minimum atomic E-state index is -0.581. The lowest BCUT2D eigenvalue weighted by atomic mass is 10.0. The number of piperidine rings is 1. The second-order valence-corrected chi connectivity index (χ2v) is 8.41. The molecule has 10 nitrogen and oxygen atoms in total. The molecule has 0 saturated carbocycles. The zero-order valence-electron chi connectivity index (χ0n) is 18.1. The zero-order valence-corrected chi connectivity index (χ0v) is 18.1. The van der Waals surface area contributed by atoms with E-state index in [2.05, 4.69) is 12.4 Å². The van der Waals surface area contributed by atoms with Gasteiger partial charge in [0.2, 0.25) is 0 Å². The van der Waals surface area contributed by atoms with Crippen molar-refractivity contribution in [2.45, 2.75) is 71.1 Å². The normalized spacial score (nSPS) is 21.3. The molecule has 1 N–H and O–H groups in total. The van der Waals surface area contributed by atoms with Crippen molar-refractivity contribution in [1.82, 2.24) is 20.3 Å². The molecule has 0 aromatic rings. The minimum Gasteiger partial charge on any atom is -0.444 e. The van der Waals surface area contributed by atoms with E-state index >= 15 is 0 Å². The van der Waals surface area contributed by atoms with Crippen molar-refractivity contribution in [3.63, 3.8) is 0 Å². The average molecular weight is 415 g/mol. The van der Waals surface area contributed by atoms with E-state index < -0.39 is 17.7 Å². The van der Waals surface area contributed by atoms with Crippen molar-refractivity contribution >= 4 is 18.0 Å². The summed E-state index contributed by atoms with van der Waals surface area (Å²) < 4.78 is 5.25. The fraction of sp³-hybridized carbons (Fsp3) is 0.842. The summed E-state index contributed by atoms with van der Waals surface area (Å²) in [5, 5.41) is 1.42. The van der Waals surface area contributed by atoms with Crippen molar-refractivity contribution in [1.29, 1.82) is 0 Å². The molecule has 2 fully saturated rings. The maximum absolute atomic E-state index is 12.6. The lowest BCUT2D eigenvalue weighted by Crippen LogP contribution is -2.50. The summed E-state index contributed by atoms with van der Waals surface area (Å²) in [7, 11) is 1.59. The topological polar surface area (TPSA) is 101 Å². The smallest absolute Gasteiger partial charge is 0.410 e. The van der Waals surface area contributed by atoms with Crippen LogP contribution in [-0.4, -0.2) is 83.9 Å². The highest BCUT2D eigenvalue weighted by Gasteiger charge is 2.47. The lowest BCUT2D eigenvalue weighted by Gasteiger charge is -2.29. The predicted octanol–water partition coefficient (Wildman–Crippen LogP) is 1.90. The first-order valence-electron chi connectivity index (χ1n) is 10.2. The second kappa shape index (κ2) is 10.1. The Morgan fingerprint density at radius 2 is 1.97 bits per heavy atom. The van der Waals surface area contributed by atoms with Crippen LogP contribution >= 0.6 is 0 Å². The molecule has 2 rings (SSSR count). The highest BCUT2D eigenvalue weighted by Crippen LogP contribution is 2.30. The highest BCUT2D eigenvalue weighted by molar-refractivity contribution is 5.88. The summed E-state index contributed by atoms with van der Waals surface area (Å²) in [6.45, 7) is 8.77. The van der Waals surface area contributed by atoms with E-state index in [0.29, 0.717) is 26.0 Å². The predicted molar refractivity (Wildman–Crippen MR) is 105 cm³/mol. The van der Waals surface area contributed by atoms with Crippen LogP contribution in [0.25, 0.3) is 0 Å². The van der Waals surface area contributed by atoms with Gasteiger partial charge in [0.15, 0.2) is 0 Å². The fourth-order valence-corrected chi connectivity index (χ4v) is 3.18. The number of hydrogen-bond acceptors (Lipinski definition) is 6. The molecule has 2 saturated heterocycles. The van der Waals surface area contributed by atoms with Crippen LogP contribution in [0.1, 0.15) is 53.4 Å². The number of ether oxygens (including phenoxy) is 1. The summed E-state index contributed by atoms with van der Waals surface area (Å²) in [5.74, 6) is -0.368. The van der Waals surface area contributed by atoms with Crippen LogP contribution in [0.4, 0.5) is 9.59 Å². The number of amides is 4. The van der Waals surface area contributed by atoms with Crippen molar-refractivity contribution in [3.8, 4) is 0 Å². The Kier molecular flexibility index (Phi) is 8.09. The summed E-state index contributed by atoms with van der Waals surface area (Å²) in [4.78, 5) is 50.6. The van der Waals surface area contributed by atoms with Crippen LogP contribution in [-0.2, 0) is 19.2 Å². The number of fused-ring (bicyclic) bond motifs is 2. The van der Waals surface area contributed by atoms with Crippen molar-refractivity contribution in [2.75, 3.05) is 33.4 Å². The molecular weight excluding hydrogens is 380 g/mol. The lowest BCUT2D eigenvalue weighted by molar-refractivity contribution is -0.139. The number of hydroxylamine groups is 3. The van der Waals surface area contributed by atoms with Gasteiger partial charge in [-0.1, -0.05) is 13.3 Å². The Labute approximate surface area is 172 Å². The van der Waals surface area contributed by atoms with Gasteiger partial charge in [0, 0.05) is 20.1 Å². The van der Waals surface area contributed by atoms with Crippen molar-refractivity contribution in [2.24, 2.45) is 0 Å². The van der Waals surface area contributed by atoms with Crippen molar-refractivity contribution < 1.29 is 28.8 Å². The van der Waals surface area contributed by atoms with E-state index in [-0.39, 0.29) is 31.1 Å². The minimum absolute atomic E-state index is 0.00759. The van der Waals surface area contributed by atoms with Crippen LogP contribution in [0.15, 0.2) is 0 Å². The van der Waals surface area contributed by atoms with Crippen molar-refractivity contribution in [3.05, 3.63) is 0 Å². The Bertz CT molecular complexity index is 594. The molecule has 0 aliphatic carbocycles. The molecule has 2 aliphatic rings. The van der Waals surface area contributed by atoms with Gasteiger partial charge in [-0.25, -0.2) is 15.1 Å². The van der Waals surface area contributed by atoms with Crippen LogP contribution in [0.2, 0.25) is 0 Å². The highest BCUT2D eigenvalue weighted by atomic mass is 16.7. The molecule has 166 valence electrons. The summed E-state index contributed by atoms with van der Waals surface area (Å²) in [6, 6.07) is -0.859. The molecule has 2 heterocycles. The number of rotatable bonds is 9. The van der Waals surface area contributed by atoms with Gasteiger partial charge >= 0.3 is 12.1 Å². The number of hydrogen-bond donors (Lipinski definition) is 1. The monoisotopic (exact) mass is 414 g/mol. The van der Waals surface area contributed by atoms with Gasteiger partial charge in [-0.05, 0) is 40.0 Å². The number of carbonyl (C=O) groups excluding carboxylic acids is 3. The first-order valence-corrected chi connectivity index (χ1v) is 10.2. The number of nitrogens with one attached hydrogen (secondary N) is 1. The molecule has 0 spiro atoms. The number of unbranched alkanes of at least 4 members (excludes halogenated alkanes) is 1. The van der Waals surface area contributed by atoms with E-state index in [1.165, 1.54) is 14.9 Å². The Balaban J connectivity index is 1.73. The Morgan fingerprint density at radius 1 is 1.24 bits per heavy atom. The molecule has 1 unspecified atom stereocenters. The maximum atomic E-state index is 12.6. The first kappa shape index (κ1) is 23.2. The average Bonchev–Trinajstić information content (AvgIpc) is 2.88. The molecule has 0 aromatic heterocycles. The quantitative estimate of drug-likeness (QED) is 0.457. The molecule has 29 heavy (non-hydrogen) atoms. The SMILES string of the molecule is CCCCON1C(=O)N2CC1CC[C@H]2C(=O)NOCCN(C)C(=O)OC(C)(C)C. The van der Waals surface area contributed by atoms with Crippen LogP contribution in [0, 0.1) is 0 Å². The molecule has 2 bridgehead atoms. The van der Waals surface area contributed by atoms with E-state index in [1.54, 1.807) is 27.8 Å². The van der Waals surface area contributed by atoms with E-state index in [1.807, 2.05) is 0 Å². The third-order valence-electron chi connectivity index (χ3n) is 4.76. The summed E-state index contributed by atoms with van der Waals surface area (Å²) in [5.41, 5.74) is 1.82.